The zero-order valence-corrected chi connectivity index (χ0v) is 13.0. The van der Waals surface area contributed by atoms with E-state index in [1.54, 1.807) is 12.4 Å². The van der Waals surface area contributed by atoms with Crippen LogP contribution in [0.2, 0.25) is 0 Å². The Bertz CT molecular complexity index is 762. The molecular formula is C17H18ClN3. The van der Waals surface area contributed by atoms with Gasteiger partial charge in [-0.05, 0) is 30.5 Å². The molecular weight excluding hydrogens is 282 g/mol. The van der Waals surface area contributed by atoms with Crippen molar-refractivity contribution >= 4 is 22.6 Å². The van der Waals surface area contributed by atoms with E-state index >= 15 is 0 Å². The maximum atomic E-state index is 6.32. The number of aryl methyl sites for hydroxylation is 1. The lowest BCUT2D eigenvalue weighted by atomic mass is 10.1. The Labute approximate surface area is 129 Å². The molecule has 21 heavy (non-hydrogen) atoms. The van der Waals surface area contributed by atoms with Gasteiger partial charge in [0.1, 0.15) is 11.3 Å². The molecule has 3 nitrogen and oxygen atoms in total. The Balaban J connectivity index is 2.13. The van der Waals surface area contributed by atoms with Crippen molar-refractivity contribution in [1.29, 1.82) is 0 Å². The molecule has 4 heteroatoms. The van der Waals surface area contributed by atoms with Crippen LogP contribution in [-0.4, -0.2) is 14.5 Å². The Hall–Kier alpha value is -1.87. The molecule has 0 saturated heterocycles. The van der Waals surface area contributed by atoms with Gasteiger partial charge in [-0.15, -0.1) is 11.6 Å². The van der Waals surface area contributed by atoms with Gasteiger partial charge in [-0.2, -0.15) is 0 Å². The van der Waals surface area contributed by atoms with Gasteiger partial charge < -0.3 is 4.57 Å². The normalized spacial score (nSPS) is 12.7. The number of fused-ring (bicyclic) bond motifs is 1. The monoisotopic (exact) mass is 299 g/mol. The lowest BCUT2D eigenvalue weighted by molar-refractivity contribution is 0.736. The number of pyridine rings is 1. The minimum absolute atomic E-state index is 0.133. The standard InChI is InChI=1S/C17H18ClN3/c1-3-13-6-4-5-7-14(13)11-21-16-8-9-19-10-15(16)20-17(21)12(2)18/h4-10,12H,3,11H2,1-2H3. The highest BCUT2D eigenvalue weighted by Crippen LogP contribution is 2.25. The highest BCUT2D eigenvalue weighted by Gasteiger charge is 2.15. The van der Waals surface area contributed by atoms with E-state index in [4.69, 9.17) is 11.6 Å². The molecule has 0 saturated carbocycles. The van der Waals surface area contributed by atoms with Gasteiger partial charge in [0.05, 0.1) is 17.1 Å². The van der Waals surface area contributed by atoms with Crippen LogP contribution in [0.3, 0.4) is 0 Å². The van der Waals surface area contributed by atoms with E-state index in [0.717, 1.165) is 29.8 Å². The number of aromatic nitrogens is 3. The van der Waals surface area contributed by atoms with Gasteiger partial charge in [0.25, 0.3) is 0 Å². The summed E-state index contributed by atoms with van der Waals surface area (Å²) < 4.78 is 2.20. The second kappa shape index (κ2) is 5.86. The quantitative estimate of drug-likeness (QED) is 0.671. The molecule has 0 bridgehead atoms. The van der Waals surface area contributed by atoms with Crippen molar-refractivity contribution in [3.63, 3.8) is 0 Å². The largest absolute Gasteiger partial charge is 0.322 e. The predicted molar refractivity (Wildman–Crippen MR) is 86.7 cm³/mol. The van der Waals surface area contributed by atoms with E-state index in [1.165, 1.54) is 11.1 Å². The van der Waals surface area contributed by atoms with Crippen LogP contribution in [0.5, 0.6) is 0 Å². The molecule has 1 aromatic carbocycles. The molecule has 2 heterocycles. The highest BCUT2D eigenvalue weighted by molar-refractivity contribution is 6.20. The molecule has 0 fully saturated rings. The zero-order chi connectivity index (χ0) is 14.8. The Kier molecular flexibility index (Phi) is 3.93. The maximum Gasteiger partial charge on any atom is 0.128 e. The van der Waals surface area contributed by atoms with E-state index in [2.05, 4.69) is 45.7 Å². The summed E-state index contributed by atoms with van der Waals surface area (Å²) in [5.41, 5.74) is 4.66. The predicted octanol–water partition coefficient (Wildman–Crippen LogP) is 4.34. The molecule has 3 rings (SSSR count). The van der Waals surface area contributed by atoms with Crippen LogP contribution in [0, 0.1) is 0 Å². The van der Waals surface area contributed by atoms with Crippen molar-refractivity contribution in [1.82, 2.24) is 14.5 Å². The van der Waals surface area contributed by atoms with E-state index in [-0.39, 0.29) is 5.38 Å². The number of nitrogens with zero attached hydrogens (tertiary/aromatic N) is 3. The fraction of sp³-hybridized carbons (Fsp3) is 0.294. The second-order valence-corrected chi connectivity index (χ2v) is 5.81. The molecule has 0 aliphatic heterocycles. The fourth-order valence-electron chi connectivity index (χ4n) is 2.70. The van der Waals surface area contributed by atoms with E-state index < -0.39 is 0 Å². The first-order valence-electron chi connectivity index (χ1n) is 7.21. The lowest BCUT2D eigenvalue weighted by Gasteiger charge is -2.13. The minimum Gasteiger partial charge on any atom is -0.322 e. The fourth-order valence-corrected chi connectivity index (χ4v) is 2.86. The Morgan fingerprint density at radius 2 is 1.95 bits per heavy atom. The minimum atomic E-state index is -0.133. The van der Waals surface area contributed by atoms with Crippen LogP contribution in [0.15, 0.2) is 42.7 Å². The summed E-state index contributed by atoms with van der Waals surface area (Å²) >= 11 is 6.32. The average molecular weight is 300 g/mol. The molecule has 0 amide bonds. The van der Waals surface area contributed by atoms with Crippen LogP contribution in [0.25, 0.3) is 11.0 Å². The molecule has 1 unspecified atom stereocenters. The highest BCUT2D eigenvalue weighted by atomic mass is 35.5. The SMILES string of the molecule is CCc1ccccc1Cn1c(C(C)Cl)nc2cnccc21. The van der Waals surface area contributed by atoms with E-state index in [0.29, 0.717) is 0 Å². The third kappa shape index (κ3) is 2.66. The van der Waals surface area contributed by atoms with Gasteiger partial charge in [-0.3, -0.25) is 4.98 Å². The maximum absolute atomic E-state index is 6.32. The van der Waals surface area contributed by atoms with Crippen LogP contribution in [0.4, 0.5) is 0 Å². The van der Waals surface area contributed by atoms with Crippen molar-refractivity contribution in [3.05, 3.63) is 59.7 Å². The van der Waals surface area contributed by atoms with Crippen molar-refractivity contribution in [3.8, 4) is 0 Å². The smallest absolute Gasteiger partial charge is 0.128 e. The second-order valence-electron chi connectivity index (χ2n) is 5.16. The first-order chi connectivity index (χ1) is 10.2. The summed E-state index contributed by atoms with van der Waals surface area (Å²) in [7, 11) is 0. The lowest BCUT2D eigenvalue weighted by Crippen LogP contribution is -2.07. The summed E-state index contributed by atoms with van der Waals surface area (Å²) in [6, 6.07) is 10.5. The van der Waals surface area contributed by atoms with E-state index in [9.17, 15) is 0 Å². The van der Waals surface area contributed by atoms with Crippen molar-refractivity contribution < 1.29 is 0 Å². The van der Waals surface area contributed by atoms with Crippen LogP contribution in [-0.2, 0) is 13.0 Å². The first-order valence-corrected chi connectivity index (χ1v) is 7.65. The van der Waals surface area contributed by atoms with Crippen molar-refractivity contribution in [2.45, 2.75) is 32.2 Å². The molecule has 3 aromatic rings. The van der Waals surface area contributed by atoms with Gasteiger partial charge in [0.2, 0.25) is 0 Å². The third-order valence-corrected chi connectivity index (χ3v) is 3.96. The Morgan fingerprint density at radius 1 is 1.19 bits per heavy atom. The van der Waals surface area contributed by atoms with Gasteiger partial charge >= 0.3 is 0 Å². The summed E-state index contributed by atoms with van der Waals surface area (Å²) in [5.74, 6) is 0.894. The van der Waals surface area contributed by atoms with E-state index in [1.807, 2.05) is 13.0 Å². The third-order valence-electron chi connectivity index (χ3n) is 3.76. The van der Waals surface area contributed by atoms with Crippen molar-refractivity contribution in [2.24, 2.45) is 0 Å². The average Bonchev–Trinajstić information content (AvgIpc) is 2.87. The molecule has 2 aromatic heterocycles. The number of rotatable bonds is 4. The van der Waals surface area contributed by atoms with Crippen LogP contribution >= 0.6 is 11.6 Å². The van der Waals surface area contributed by atoms with Gasteiger partial charge in [-0.25, -0.2) is 4.98 Å². The summed E-state index contributed by atoms with van der Waals surface area (Å²) in [5, 5.41) is -0.133. The van der Waals surface area contributed by atoms with Gasteiger partial charge in [-0.1, -0.05) is 31.2 Å². The molecule has 0 radical (unpaired) electrons. The van der Waals surface area contributed by atoms with Crippen LogP contribution < -0.4 is 0 Å². The molecule has 1 atom stereocenters. The van der Waals surface area contributed by atoms with Gasteiger partial charge in [0.15, 0.2) is 0 Å². The number of hydrogen-bond donors (Lipinski definition) is 0. The van der Waals surface area contributed by atoms with Crippen molar-refractivity contribution in [2.75, 3.05) is 0 Å². The molecule has 0 N–H and O–H groups in total. The molecule has 0 spiro atoms. The molecule has 0 aliphatic carbocycles. The summed E-state index contributed by atoms with van der Waals surface area (Å²) in [4.78, 5) is 8.78. The number of hydrogen-bond acceptors (Lipinski definition) is 2. The first kappa shape index (κ1) is 14.1. The zero-order valence-electron chi connectivity index (χ0n) is 12.3. The topological polar surface area (TPSA) is 30.7 Å². The number of benzene rings is 1. The number of imidazole rings is 1. The van der Waals surface area contributed by atoms with Gasteiger partial charge in [0, 0.05) is 12.7 Å². The number of alkyl halides is 1. The van der Waals surface area contributed by atoms with Crippen LogP contribution in [0.1, 0.15) is 36.2 Å². The summed E-state index contributed by atoms with van der Waals surface area (Å²) in [6.07, 6.45) is 4.62. The molecule has 0 aliphatic rings. The Morgan fingerprint density at radius 3 is 2.67 bits per heavy atom. The molecule has 108 valence electrons. The summed E-state index contributed by atoms with van der Waals surface area (Å²) in [6.45, 7) is 4.93. The number of halogens is 1.